The molecule has 0 radical (unpaired) electrons. The molecular weight excluding hydrogens is 439 g/mol. The molecule has 3 aromatic rings. The van der Waals surface area contributed by atoms with Gasteiger partial charge in [0.25, 0.3) is 0 Å². The highest BCUT2D eigenvalue weighted by atomic mass is 19.2. The standard InChI is InChI=1S/C25H25FN4O4/c1-15-12-19-23(27-13-15)30(14-21(32)28-19)24(33)29-22(18-6-4-5-7-20(18)31)16-8-10-17(11-9-16)34-25(2,3)26/h4-13,22,31H,14H2,1-3H3,(H,28,32)(H,29,33). The van der Waals surface area contributed by atoms with E-state index >= 15 is 0 Å². The number of carbonyl (C=O) groups excluding carboxylic acids is 2. The van der Waals surface area contributed by atoms with Crippen LogP contribution in [0.2, 0.25) is 0 Å². The summed E-state index contributed by atoms with van der Waals surface area (Å²) in [6.45, 7) is 4.23. The third kappa shape index (κ3) is 5.09. The van der Waals surface area contributed by atoms with Gasteiger partial charge in [0.05, 0.1) is 11.7 Å². The molecule has 34 heavy (non-hydrogen) atoms. The zero-order valence-corrected chi connectivity index (χ0v) is 19.0. The number of nitrogens with zero attached hydrogens (tertiary/aromatic N) is 2. The number of hydrogen-bond donors (Lipinski definition) is 3. The molecule has 0 bridgehead atoms. The highest BCUT2D eigenvalue weighted by Crippen LogP contribution is 2.33. The van der Waals surface area contributed by atoms with Gasteiger partial charge in [-0.25, -0.2) is 9.78 Å². The highest BCUT2D eigenvalue weighted by Gasteiger charge is 2.31. The van der Waals surface area contributed by atoms with Gasteiger partial charge in [-0.3, -0.25) is 9.69 Å². The largest absolute Gasteiger partial charge is 0.508 e. The van der Waals surface area contributed by atoms with Gasteiger partial charge < -0.3 is 20.5 Å². The smallest absolute Gasteiger partial charge is 0.324 e. The summed E-state index contributed by atoms with van der Waals surface area (Å²) >= 11 is 0. The molecule has 1 atom stereocenters. The Morgan fingerprint density at radius 1 is 1.24 bits per heavy atom. The molecule has 1 aliphatic rings. The molecule has 0 aliphatic carbocycles. The molecule has 1 aromatic heterocycles. The summed E-state index contributed by atoms with van der Waals surface area (Å²) in [5.74, 6) is -1.55. The van der Waals surface area contributed by atoms with Gasteiger partial charge in [0.15, 0.2) is 5.82 Å². The lowest BCUT2D eigenvalue weighted by atomic mass is 9.97. The van der Waals surface area contributed by atoms with Crippen molar-refractivity contribution in [3.05, 3.63) is 77.5 Å². The Kier molecular flexibility index (Phi) is 6.10. The zero-order chi connectivity index (χ0) is 24.5. The molecular formula is C25H25FN4O4. The van der Waals surface area contributed by atoms with Gasteiger partial charge in [-0.05, 0) is 42.3 Å². The maximum atomic E-state index is 13.9. The summed E-state index contributed by atoms with van der Waals surface area (Å²) < 4.78 is 19.1. The summed E-state index contributed by atoms with van der Waals surface area (Å²) in [6.07, 6.45) is 1.61. The summed E-state index contributed by atoms with van der Waals surface area (Å²) in [7, 11) is 0. The fourth-order valence-electron chi connectivity index (χ4n) is 3.73. The number of carbonyl (C=O) groups is 2. The van der Waals surface area contributed by atoms with Crippen molar-refractivity contribution < 1.29 is 23.8 Å². The van der Waals surface area contributed by atoms with E-state index in [0.29, 0.717) is 28.4 Å². The molecule has 1 unspecified atom stereocenters. The Morgan fingerprint density at radius 3 is 2.62 bits per heavy atom. The van der Waals surface area contributed by atoms with Crippen molar-refractivity contribution in [1.29, 1.82) is 0 Å². The molecule has 2 heterocycles. The minimum absolute atomic E-state index is 0.0106. The fourth-order valence-corrected chi connectivity index (χ4v) is 3.73. The average molecular weight is 464 g/mol. The second kappa shape index (κ2) is 9.01. The van der Waals surface area contributed by atoms with E-state index in [1.807, 2.05) is 6.92 Å². The Morgan fingerprint density at radius 2 is 1.94 bits per heavy atom. The number of phenols is 1. The Hall–Kier alpha value is -4.14. The minimum atomic E-state index is -1.85. The first kappa shape index (κ1) is 23.0. The molecule has 0 fully saturated rings. The van der Waals surface area contributed by atoms with Crippen LogP contribution in [0.15, 0.2) is 60.8 Å². The number of pyridine rings is 1. The molecule has 0 saturated heterocycles. The van der Waals surface area contributed by atoms with Crippen LogP contribution in [0.4, 0.5) is 20.7 Å². The third-order valence-corrected chi connectivity index (χ3v) is 5.17. The molecule has 3 amide bonds. The number of halogens is 1. The van der Waals surface area contributed by atoms with Crippen LogP contribution < -0.4 is 20.3 Å². The second-order valence-corrected chi connectivity index (χ2v) is 8.49. The number of hydrogen-bond acceptors (Lipinski definition) is 5. The van der Waals surface area contributed by atoms with Gasteiger partial charge in [-0.15, -0.1) is 0 Å². The first-order valence-electron chi connectivity index (χ1n) is 10.7. The number of aromatic nitrogens is 1. The van der Waals surface area contributed by atoms with E-state index in [-0.39, 0.29) is 18.2 Å². The first-order chi connectivity index (χ1) is 16.1. The van der Waals surface area contributed by atoms with Gasteiger partial charge in [-0.2, -0.15) is 4.39 Å². The summed E-state index contributed by atoms with van der Waals surface area (Å²) in [6, 6.07) is 13.6. The van der Waals surface area contributed by atoms with Gasteiger partial charge in [0.2, 0.25) is 11.8 Å². The second-order valence-electron chi connectivity index (χ2n) is 8.49. The number of anilines is 2. The number of para-hydroxylation sites is 1. The van der Waals surface area contributed by atoms with E-state index in [2.05, 4.69) is 15.6 Å². The van der Waals surface area contributed by atoms with Crippen molar-refractivity contribution in [2.24, 2.45) is 0 Å². The summed E-state index contributed by atoms with van der Waals surface area (Å²) in [5.41, 5.74) is 2.36. The lowest BCUT2D eigenvalue weighted by Gasteiger charge is -2.30. The van der Waals surface area contributed by atoms with Gasteiger partial charge >= 0.3 is 6.03 Å². The van der Waals surface area contributed by atoms with E-state index in [1.54, 1.807) is 54.7 Å². The lowest BCUT2D eigenvalue weighted by molar-refractivity contribution is -0.115. The van der Waals surface area contributed by atoms with Crippen molar-refractivity contribution in [1.82, 2.24) is 10.3 Å². The van der Waals surface area contributed by atoms with Gasteiger partial charge in [0.1, 0.15) is 18.0 Å². The van der Waals surface area contributed by atoms with Crippen LogP contribution in [-0.2, 0) is 4.79 Å². The number of nitrogens with one attached hydrogen (secondary N) is 2. The molecule has 0 saturated carbocycles. The van der Waals surface area contributed by atoms with Crippen LogP contribution in [0.3, 0.4) is 0 Å². The number of amides is 3. The maximum absolute atomic E-state index is 13.9. The van der Waals surface area contributed by atoms with E-state index in [1.165, 1.54) is 24.8 Å². The highest BCUT2D eigenvalue weighted by molar-refractivity contribution is 6.08. The Balaban J connectivity index is 1.67. The number of alkyl halides is 1. The van der Waals surface area contributed by atoms with E-state index in [4.69, 9.17) is 4.74 Å². The summed E-state index contributed by atoms with van der Waals surface area (Å²) in [4.78, 5) is 31.2. The number of phenolic OH excluding ortho intramolecular Hbond substituents is 1. The number of rotatable bonds is 5. The monoisotopic (exact) mass is 464 g/mol. The molecule has 4 rings (SSSR count). The van der Waals surface area contributed by atoms with Gasteiger partial charge in [-0.1, -0.05) is 30.3 Å². The van der Waals surface area contributed by atoms with Crippen LogP contribution in [0.1, 0.15) is 36.6 Å². The molecule has 9 heteroatoms. The third-order valence-electron chi connectivity index (χ3n) is 5.17. The van der Waals surface area contributed by atoms with Crippen molar-refractivity contribution >= 4 is 23.4 Å². The van der Waals surface area contributed by atoms with Crippen molar-refractivity contribution in [2.45, 2.75) is 32.7 Å². The summed E-state index contributed by atoms with van der Waals surface area (Å²) in [5, 5.41) is 16.1. The first-order valence-corrected chi connectivity index (χ1v) is 10.7. The molecule has 1 aliphatic heterocycles. The van der Waals surface area contributed by atoms with Crippen LogP contribution in [0.5, 0.6) is 11.5 Å². The molecule has 8 nitrogen and oxygen atoms in total. The van der Waals surface area contributed by atoms with E-state index < -0.39 is 17.9 Å². The Bertz CT molecular complexity index is 1220. The van der Waals surface area contributed by atoms with E-state index in [0.717, 1.165) is 5.56 Å². The SMILES string of the molecule is Cc1cnc2c(c1)NC(=O)CN2C(=O)NC(c1ccc(OC(C)(C)F)cc1)c1ccccc1O. The number of ether oxygens (including phenoxy) is 1. The number of aromatic hydroxyl groups is 1. The number of urea groups is 1. The number of benzene rings is 2. The van der Waals surface area contributed by atoms with Crippen molar-refractivity contribution in [2.75, 3.05) is 16.8 Å². The zero-order valence-electron chi connectivity index (χ0n) is 19.0. The van der Waals surface area contributed by atoms with Crippen molar-refractivity contribution in [3.63, 3.8) is 0 Å². The maximum Gasteiger partial charge on any atom is 0.324 e. The minimum Gasteiger partial charge on any atom is -0.508 e. The predicted octanol–water partition coefficient (Wildman–Crippen LogP) is 4.44. The Labute approximate surface area is 196 Å². The van der Waals surface area contributed by atoms with Crippen LogP contribution >= 0.6 is 0 Å². The predicted molar refractivity (Wildman–Crippen MR) is 126 cm³/mol. The molecule has 3 N–H and O–H groups in total. The van der Waals surface area contributed by atoms with Crippen LogP contribution in [0.25, 0.3) is 0 Å². The lowest BCUT2D eigenvalue weighted by Crippen LogP contribution is -2.48. The van der Waals surface area contributed by atoms with Crippen molar-refractivity contribution in [3.8, 4) is 11.5 Å². The normalized spacial score (nSPS) is 14.1. The number of fused-ring (bicyclic) bond motifs is 1. The molecule has 2 aromatic carbocycles. The topological polar surface area (TPSA) is 104 Å². The van der Waals surface area contributed by atoms with Gasteiger partial charge in [0, 0.05) is 25.6 Å². The van der Waals surface area contributed by atoms with Crippen LogP contribution in [-0.4, -0.2) is 34.4 Å². The molecule has 0 spiro atoms. The quantitative estimate of drug-likeness (QED) is 0.518. The van der Waals surface area contributed by atoms with Crippen LogP contribution in [0, 0.1) is 6.92 Å². The average Bonchev–Trinajstić information content (AvgIpc) is 2.76. The fraction of sp³-hybridized carbons (Fsp3) is 0.240. The number of aryl methyl sites for hydroxylation is 1. The molecule has 176 valence electrons. The van der Waals surface area contributed by atoms with E-state index in [9.17, 15) is 19.1 Å².